The van der Waals surface area contributed by atoms with Crippen LogP contribution >= 0.6 is 11.8 Å². The van der Waals surface area contributed by atoms with Crippen molar-refractivity contribution in [2.45, 2.75) is 32.1 Å². The maximum absolute atomic E-state index is 5.85. The molecule has 0 amide bonds. The van der Waals surface area contributed by atoms with Gasteiger partial charge < -0.3 is 11.1 Å². The van der Waals surface area contributed by atoms with Gasteiger partial charge in [0.1, 0.15) is 0 Å². The van der Waals surface area contributed by atoms with E-state index >= 15 is 0 Å². The Balaban J connectivity index is 2.38. The molecular weight excluding hydrogens is 216 g/mol. The van der Waals surface area contributed by atoms with E-state index in [1.54, 1.807) is 0 Å². The predicted octanol–water partition coefficient (Wildman–Crippen LogP) is 3.09. The van der Waals surface area contributed by atoms with Gasteiger partial charge in [0, 0.05) is 24.0 Å². The highest BCUT2D eigenvalue weighted by Crippen LogP contribution is 2.15. The second kappa shape index (κ2) is 7.58. The molecule has 1 aromatic rings. The maximum Gasteiger partial charge on any atom is 0.0340 e. The zero-order valence-corrected chi connectivity index (χ0v) is 11.0. The quantitative estimate of drug-likeness (QED) is 0.766. The first-order chi connectivity index (χ1) is 7.76. The minimum absolute atomic E-state index is 0.246. The predicted molar refractivity (Wildman–Crippen MR) is 75.0 cm³/mol. The normalized spacial score (nSPS) is 12.4. The first-order valence-corrected chi connectivity index (χ1v) is 7.07. The number of rotatable bonds is 7. The Bertz CT molecular complexity index is 284. The molecule has 1 unspecified atom stereocenters. The molecule has 0 radical (unpaired) electrons. The Morgan fingerprint density at radius 2 is 1.94 bits per heavy atom. The minimum Gasteiger partial charge on any atom is -0.383 e. The fourth-order valence-corrected chi connectivity index (χ4v) is 1.96. The molecule has 0 saturated carbocycles. The van der Waals surface area contributed by atoms with Gasteiger partial charge in [-0.3, -0.25) is 0 Å². The Kier molecular flexibility index (Phi) is 6.34. The van der Waals surface area contributed by atoms with Crippen LogP contribution in [0.5, 0.6) is 0 Å². The third-order valence-corrected chi connectivity index (χ3v) is 3.47. The van der Waals surface area contributed by atoms with Crippen molar-refractivity contribution in [3.8, 4) is 0 Å². The van der Waals surface area contributed by atoms with Crippen LogP contribution < -0.4 is 11.1 Å². The van der Waals surface area contributed by atoms with Gasteiger partial charge in [-0.05, 0) is 29.9 Å². The van der Waals surface area contributed by atoms with Gasteiger partial charge >= 0.3 is 0 Å². The van der Waals surface area contributed by atoms with Crippen LogP contribution in [0.4, 0.5) is 5.69 Å². The summed E-state index contributed by atoms with van der Waals surface area (Å²) in [5.74, 6) is 2.27. The highest BCUT2D eigenvalue weighted by Gasteiger charge is 1.98. The smallest absolute Gasteiger partial charge is 0.0340 e. The van der Waals surface area contributed by atoms with Gasteiger partial charge in [0.25, 0.3) is 0 Å². The van der Waals surface area contributed by atoms with Crippen LogP contribution in [-0.4, -0.2) is 18.3 Å². The van der Waals surface area contributed by atoms with E-state index < -0.39 is 0 Å². The third kappa shape index (κ3) is 4.90. The zero-order valence-electron chi connectivity index (χ0n) is 10.2. The second-order valence-corrected chi connectivity index (χ2v) is 5.16. The van der Waals surface area contributed by atoms with E-state index in [1.165, 1.54) is 11.3 Å². The fourth-order valence-electron chi connectivity index (χ4n) is 1.33. The van der Waals surface area contributed by atoms with Crippen LogP contribution in [0.15, 0.2) is 24.3 Å². The summed E-state index contributed by atoms with van der Waals surface area (Å²) in [7, 11) is 0. The number of anilines is 1. The number of hydrogen-bond acceptors (Lipinski definition) is 3. The summed E-state index contributed by atoms with van der Waals surface area (Å²) in [6.45, 7) is 5.14. The lowest BCUT2D eigenvalue weighted by atomic mass is 10.2. The number of hydrogen-bond donors (Lipinski definition) is 2. The maximum atomic E-state index is 5.85. The van der Waals surface area contributed by atoms with Gasteiger partial charge in [0.2, 0.25) is 0 Å². The van der Waals surface area contributed by atoms with Crippen LogP contribution in [0.3, 0.4) is 0 Å². The highest BCUT2D eigenvalue weighted by molar-refractivity contribution is 7.98. The molecule has 0 aliphatic rings. The zero-order chi connectivity index (χ0) is 11.8. The molecule has 0 heterocycles. The van der Waals surface area contributed by atoms with Gasteiger partial charge in [0.05, 0.1) is 0 Å². The van der Waals surface area contributed by atoms with Crippen molar-refractivity contribution in [3.05, 3.63) is 29.8 Å². The lowest BCUT2D eigenvalue weighted by molar-refractivity contribution is 0.679. The van der Waals surface area contributed by atoms with Crippen molar-refractivity contribution in [2.75, 3.05) is 17.6 Å². The van der Waals surface area contributed by atoms with E-state index in [1.807, 2.05) is 11.8 Å². The fraction of sp³-hybridized carbons (Fsp3) is 0.538. The van der Waals surface area contributed by atoms with Crippen molar-refractivity contribution >= 4 is 17.4 Å². The molecule has 0 fully saturated rings. The molecule has 0 aliphatic heterocycles. The van der Waals surface area contributed by atoms with E-state index in [-0.39, 0.29) is 6.04 Å². The summed E-state index contributed by atoms with van der Waals surface area (Å²) < 4.78 is 0. The Hall–Kier alpha value is -0.670. The molecule has 0 bridgehead atoms. The number of benzene rings is 1. The van der Waals surface area contributed by atoms with Gasteiger partial charge in [-0.15, -0.1) is 0 Å². The molecule has 1 aromatic carbocycles. The minimum atomic E-state index is 0.246. The molecular formula is C13H22N2S. The van der Waals surface area contributed by atoms with E-state index in [0.29, 0.717) is 0 Å². The van der Waals surface area contributed by atoms with E-state index in [0.717, 1.165) is 24.4 Å². The third-order valence-electron chi connectivity index (χ3n) is 2.52. The van der Waals surface area contributed by atoms with Gasteiger partial charge in [-0.2, -0.15) is 11.8 Å². The lowest BCUT2D eigenvalue weighted by Gasteiger charge is -2.11. The van der Waals surface area contributed by atoms with Gasteiger partial charge in [-0.25, -0.2) is 0 Å². The van der Waals surface area contributed by atoms with Gasteiger partial charge in [-0.1, -0.05) is 26.0 Å². The molecule has 3 heteroatoms. The average molecular weight is 238 g/mol. The van der Waals surface area contributed by atoms with Crippen LogP contribution in [0.1, 0.15) is 25.8 Å². The average Bonchev–Trinajstić information content (AvgIpc) is 2.34. The number of nitrogens with one attached hydrogen (secondary N) is 1. The molecule has 3 N–H and O–H groups in total. The second-order valence-electron chi connectivity index (χ2n) is 3.88. The summed E-state index contributed by atoms with van der Waals surface area (Å²) in [6.07, 6.45) is 1.01. The molecule has 0 aromatic heterocycles. The number of thioether (sulfide) groups is 1. The van der Waals surface area contributed by atoms with Crippen molar-refractivity contribution in [3.63, 3.8) is 0 Å². The van der Waals surface area contributed by atoms with Crippen molar-refractivity contribution in [1.29, 1.82) is 0 Å². The molecule has 0 saturated heterocycles. The largest absolute Gasteiger partial charge is 0.383 e. The molecule has 1 rings (SSSR count). The van der Waals surface area contributed by atoms with Crippen LogP contribution in [0.25, 0.3) is 0 Å². The van der Waals surface area contributed by atoms with E-state index in [4.69, 9.17) is 5.73 Å². The Morgan fingerprint density at radius 1 is 1.25 bits per heavy atom. The van der Waals surface area contributed by atoms with Crippen molar-refractivity contribution in [2.24, 2.45) is 5.73 Å². The SMILES string of the molecule is CCSCc1ccc(NCC(N)CC)cc1. The highest BCUT2D eigenvalue weighted by atomic mass is 32.2. The van der Waals surface area contributed by atoms with Gasteiger partial charge in [0.15, 0.2) is 0 Å². The standard InChI is InChI=1S/C13H22N2S/c1-3-12(14)9-15-13-7-5-11(6-8-13)10-16-4-2/h5-8,12,15H,3-4,9-10,14H2,1-2H3. The molecule has 0 spiro atoms. The summed E-state index contributed by atoms with van der Waals surface area (Å²) in [5.41, 5.74) is 8.40. The first kappa shape index (κ1) is 13.4. The Morgan fingerprint density at radius 3 is 2.50 bits per heavy atom. The first-order valence-electron chi connectivity index (χ1n) is 5.92. The topological polar surface area (TPSA) is 38.0 Å². The summed E-state index contributed by atoms with van der Waals surface area (Å²) in [6, 6.07) is 8.88. The molecule has 16 heavy (non-hydrogen) atoms. The molecule has 1 atom stereocenters. The lowest BCUT2D eigenvalue weighted by Crippen LogP contribution is -2.27. The molecule has 2 nitrogen and oxygen atoms in total. The van der Waals surface area contributed by atoms with Crippen molar-refractivity contribution < 1.29 is 0 Å². The number of nitrogens with two attached hydrogens (primary N) is 1. The monoisotopic (exact) mass is 238 g/mol. The van der Waals surface area contributed by atoms with Crippen LogP contribution in [0, 0.1) is 0 Å². The summed E-state index contributed by atoms with van der Waals surface area (Å²) in [5, 5.41) is 3.35. The van der Waals surface area contributed by atoms with Crippen LogP contribution in [0.2, 0.25) is 0 Å². The molecule has 90 valence electrons. The van der Waals surface area contributed by atoms with E-state index in [2.05, 4.69) is 43.4 Å². The summed E-state index contributed by atoms with van der Waals surface area (Å²) >= 11 is 1.95. The summed E-state index contributed by atoms with van der Waals surface area (Å²) in [4.78, 5) is 0. The Labute approximate surface area is 103 Å². The van der Waals surface area contributed by atoms with Crippen molar-refractivity contribution in [1.82, 2.24) is 0 Å². The van der Waals surface area contributed by atoms with Crippen LogP contribution in [-0.2, 0) is 5.75 Å². The van der Waals surface area contributed by atoms with E-state index in [9.17, 15) is 0 Å². The molecule has 0 aliphatic carbocycles.